The van der Waals surface area contributed by atoms with E-state index in [9.17, 15) is 9.59 Å². The minimum absolute atomic E-state index is 0.136. The molecule has 6 nitrogen and oxygen atoms in total. The molecule has 21 heavy (non-hydrogen) atoms. The molecule has 6 heteroatoms. The summed E-state index contributed by atoms with van der Waals surface area (Å²) in [7, 11) is 1.51. The first-order valence-corrected chi connectivity index (χ1v) is 7.11. The normalized spacial score (nSPS) is 18.2. The first-order valence-electron chi connectivity index (χ1n) is 7.11. The molecule has 0 unspecified atom stereocenters. The molecule has 1 fully saturated rings. The van der Waals surface area contributed by atoms with Gasteiger partial charge in [0.1, 0.15) is 5.75 Å². The largest absolute Gasteiger partial charge is 0.494 e. The smallest absolute Gasteiger partial charge is 0.310 e. The first kappa shape index (κ1) is 15.3. The highest BCUT2D eigenvalue weighted by atomic mass is 16.5. The standard InChI is InChI=1S/C15H20N2O4/c1-3-21-15(19)11-5-4-8-17(10-11)14(18)12-6-7-16-9-13(12)20-2/h6-7,9,11H,3-5,8,10H2,1-2H3/t11-/m1/s1. The van der Waals surface area contributed by atoms with Crippen LogP contribution in [0.15, 0.2) is 18.5 Å². The molecule has 0 radical (unpaired) electrons. The molecule has 0 N–H and O–H groups in total. The second kappa shape index (κ2) is 7.06. The molecule has 2 heterocycles. The monoisotopic (exact) mass is 292 g/mol. The molecule has 1 saturated heterocycles. The van der Waals surface area contributed by atoms with Crippen LogP contribution < -0.4 is 4.74 Å². The number of carbonyl (C=O) groups excluding carboxylic acids is 2. The number of amides is 1. The van der Waals surface area contributed by atoms with Crippen LogP contribution >= 0.6 is 0 Å². The van der Waals surface area contributed by atoms with E-state index in [1.54, 1.807) is 24.1 Å². The predicted octanol–water partition coefficient (Wildman–Crippen LogP) is 1.51. The van der Waals surface area contributed by atoms with Gasteiger partial charge in [0.15, 0.2) is 0 Å². The Balaban J connectivity index is 2.10. The Bertz CT molecular complexity index is 518. The summed E-state index contributed by atoms with van der Waals surface area (Å²) in [5.41, 5.74) is 0.469. The van der Waals surface area contributed by atoms with E-state index in [2.05, 4.69) is 4.98 Å². The molecule has 1 atom stereocenters. The number of ether oxygens (including phenoxy) is 2. The molecule has 0 bridgehead atoms. The number of pyridine rings is 1. The SMILES string of the molecule is CCOC(=O)[C@@H]1CCCN(C(=O)c2ccncc2OC)C1. The minimum Gasteiger partial charge on any atom is -0.494 e. The van der Waals surface area contributed by atoms with Crippen molar-refractivity contribution in [3.8, 4) is 5.75 Å². The number of esters is 1. The van der Waals surface area contributed by atoms with Crippen LogP contribution in [-0.2, 0) is 9.53 Å². The lowest BCUT2D eigenvalue weighted by Crippen LogP contribution is -2.42. The third-order valence-corrected chi connectivity index (χ3v) is 3.56. The maximum Gasteiger partial charge on any atom is 0.310 e. The van der Waals surface area contributed by atoms with Gasteiger partial charge in [-0.05, 0) is 25.8 Å². The van der Waals surface area contributed by atoms with Gasteiger partial charge in [-0.1, -0.05) is 0 Å². The van der Waals surface area contributed by atoms with E-state index in [4.69, 9.17) is 9.47 Å². The highest BCUT2D eigenvalue weighted by Gasteiger charge is 2.30. The van der Waals surface area contributed by atoms with E-state index in [0.717, 1.165) is 12.8 Å². The Morgan fingerprint density at radius 2 is 2.29 bits per heavy atom. The number of rotatable bonds is 4. The molecule has 0 aromatic carbocycles. The number of aromatic nitrogens is 1. The highest BCUT2D eigenvalue weighted by molar-refractivity contribution is 5.97. The topological polar surface area (TPSA) is 68.7 Å². The molecule has 1 aliphatic rings. The summed E-state index contributed by atoms with van der Waals surface area (Å²) in [6.07, 6.45) is 4.63. The van der Waals surface area contributed by atoms with Gasteiger partial charge < -0.3 is 14.4 Å². The number of nitrogens with zero attached hydrogens (tertiary/aromatic N) is 2. The van der Waals surface area contributed by atoms with E-state index < -0.39 is 0 Å². The molecule has 1 aromatic rings. The fourth-order valence-corrected chi connectivity index (χ4v) is 2.50. The van der Waals surface area contributed by atoms with E-state index >= 15 is 0 Å². The van der Waals surface area contributed by atoms with E-state index in [1.165, 1.54) is 13.3 Å². The number of carbonyl (C=O) groups is 2. The molecule has 0 aliphatic carbocycles. The van der Waals surface area contributed by atoms with Crippen LogP contribution in [0.2, 0.25) is 0 Å². The lowest BCUT2D eigenvalue weighted by atomic mass is 9.97. The van der Waals surface area contributed by atoms with Crippen LogP contribution in [0.25, 0.3) is 0 Å². The van der Waals surface area contributed by atoms with Crippen LogP contribution in [-0.4, -0.2) is 48.6 Å². The van der Waals surface area contributed by atoms with Crippen molar-refractivity contribution in [3.63, 3.8) is 0 Å². The van der Waals surface area contributed by atoms with Gasteiger partial charge in [-0.2, -0.15) is 0 Å². The first-order chi connectivity index (χ1) is 10.2. The molecule has 2 rings (SSSR count). The van der Waals surface area contributed by atoms with Crippen LogP contribution in [0.5, 0.6) is 5.75 Å². The lowest BCUT2D eigenvalue weighted by molar-refractivity contribution is -0.149. The average molecular weight is 292 g/mol. The predicted molar refractivity (Wildman–Crippen MR) is 76.0 cm³/mol. The lowest BCUT2D eigenvalue weighted by Gasteiger charge is -2.31. The van der Waals surface area contributed by atoms with E-state index in [-0.39, 0.29) is 17.8 Å². The van der Waals surface area contributed by atoms with Crippen LogP contribution in [0.4, 0.5) is 0 Å². The number of hydrogen-bond donors (Lipinski definition) is 0. The number of likely N-dealkylation sites (tertiary alicyclic amines) is 1. The number of methoxy groups -OCH3 is 1. The van der Waals surface area contributed by atoms with Crippen molar-refractivity contribution < 1.29 is 19.1 Å². The van der Waals surface area contributed by atoms with Gasteiger partial charge in [0.05, 0.1) is 31.4 Å². The van der Waals surface area contributed by atoms with Gasteiger partial charge in [0, 0.05) is 19.3 Å². The van der Waals surface area contributed by atoms with E-state index in [1.807, 2.05) is 0 Å². The van der Waals surface area contributed by atoms with Crippen molar-refractivity contribution in [2.45, 2.75) is 19.8 Å². The Labute approximate surface area is 124 Å². The van der Waals surface area contributed by atoms with Gasteiger partial charge in [0.25, 0.3) is 5.91 Å². The van der Waals surface area contributed by atoms with Crippen molar-refractivity contribution in [1.29, 1.82) is 0 Å². The van der Waals surface area contributed by atoms with E-state index in [0.29, 0.717) is 31.0 Å². The molecular formula is C15H20N2O4. The molecular weight excluding hydrogens is 272 g/mol. The minimum atomic E-state index is -0.240. The third-order valence-electron chi connectivity index (χ3n) is 3.56. The Kier molecular flexibility index (Phi) is 5.14. The molecule has 1 amide bonds. The quantitative estimate of drug-likeness (QED) is 0.787. The van der Waals surface area contributed by atoms with Crippen molar-refractivity contribution in [2.24, 2.45) is 5.92 Å². The molecule has 114 valence electrons. The van der Waals surface area contributed by atoms with Gasteiger partial charge in [0.2, 0.25) is 0 Å². The summed E-state index contributed by atoms with van der Waals surface area (Å²) in [4.78, 5) is 30.0. The van der Waals surface area contributed by atoms with Crippen LogP contribution in [0, 0.1) is 5.92 Å². The zero-order chi connectivity index (χ0) is 15.2. The van der Waals surface area contributed by atoms with Crippen molar-refractivity contribution in [2.75, 3.05) is 26.8 Å². The fourth-order valence-electron chi connectivity index (χ4n) is 2.50. The van der Waals surface area contributed by atoms with Crippen molar-refractivity contribution in [1.82, 2.24) is 9.88 Å². The fraction of sp³-hybridized carbons (Fsp3) is 0.533. The summed E-state index contributed by atoms with van der Waals surface area (Å²) < 4.78 is 10.2. The van der Waals surface area contributed by atoms with Crippen LogP contribution in [0.3, 0.4) is 0 Å². The third kappa shape index (κ3) is 3.51. The Hall–Kier alpha value is -2.11. The number of piperidine rings is 1. The summed E-state index contributed by atoms with van der Waals surface area (Å²) in [6, 6.07) is 1.63. The zero-order valence-corrected chi connectivity index (χ0v) is 12.4. The van der Waals surface area contributed by atoms with Gasteiger partial charge >= 0.3 is 5.97 Å². The summed E-state index contributed by atoms with van der Waals surface area (Å²) in [5, 5.41) is 0. The van der Waals surface area contributed by atoms with Crippen molar-refractivity contribution in [3.05, 3.63) is 24.0 Å². The highest BCUT2D eigenvalue weighted by Crippen LogP contribution is 2.23. The molecule has 0 spiro atoms. The average Bonchev–Trinajstić information content (AvgIpc) is 2.54. The maximum atomic E-state index is 12.6. The summed E-state index contributed by atoms with van der Waals surface area (Å²) in [5.74, 6) is -0.156. The molecule has 1 aromatic heterocycles. The molecule has 0 saturated carbocycles. The van der Waals surface area contributed by atoms with Gasteiger partial charge in [-0.15, -0.1) is 0 Å². The molecule has 1 aliphatic heterocycles. The summed E-state index contributed by atoms with van der Waals surface area (Å²) >= 11 is 0. The van der Waals surface area contributed by atoms with Crippen LogP contribution in [0.1, 0.15) is 30.1 Å². The van der Waals surface area contributed by atoms with Gasteiger partial charge in [-0.3, -0.25) is 14.6 Å². The second-order valence-corrected chi connectivity index (χ2v) is 4.92. The zero-order valence-electron chi connectivity index (χ0n) is 12.4. The number of hydrogen-bond acceptors (Lipinski definition) is 5. The summed E-state index contributed by atoms with van der Waals surface area (Å²) in [6.45, 7) is 3.18. The van der Waals surface area contributed by atoms with Crippen molar-refractivity contribution >= 4 is 11.9 Å². The van der Waals surface area contributed by atoms with Gasteiger partial charge in [-0.25, -0.2) is 0 Å². The second-order valence-electron chi connectivity index (χ2n) is 4.92. The Morgan fingerprint density at radius 1 is 1.48 bits per heavy atom. The maximum absolute atomic E-state index is 12.6. The Morgan fingerprint density at radius 3 is 3.00 bits per heavy atom.